The molecule has 1 atom stereocenters. The van der Waals surface area contributed by atoms with Crippen molar-refractivity contribution in [2.45, 2.75) is 37.8 Å². The second-order valence-corrected chi connectivity index (χ2v) is 7.98. The fourth-order valence-electron chi connectivity index (χ4n) is 2.92. The number of aryl methyl sites for hydroxylation is 1. The van der Waals surface area contributed by atoms with E-state index in [1.165, 1.54) is 52.8 Å². The van der Waals surface area contributed by atoms with Crippen LogP contribution in [0, 0.1) is 5.92 Å². The van der Waals surface area contributed by atoms with Crippen LogP contribution in [0.3, 0.4) is 0 Å². The lowest BCUT2D eigenvalue weighted by molar-refractivity contribution is -0.118. The van der Waals surface area contributed by atoms with E-state index < -0.39 is 0 Å². The highest BCUT2D eigenvalue weighted by Crippen LogP contribution is 2.37. The second kappa shape index (κ2) is 7.05. The normalized spacial score (nSPS) is 17.1. The van der Waals surface area contributed by atoms with Crippen molar-refractivity contribution in [3.05, 3.63) is 16.5 Å². The lowest BCUT2D eigenvalue weighted by atomic mass is 9.87. The number of fused-ring (bicyclic) bond motifs is 1. The van der Waals surface area contributed by atoms with Gasteiger partial charge in [0.25, 0.3) is 0 Å². The van der Waals surface area contributed by atoms with Crippen LogP contribution in [0.2, 0.25) is 0 Å². The van der Waals surface area contributed by atoms with Gasteiger partial charge in [-0.05, 0) is 36.8 Å². The van der Waals surface area contributed by atoms with Gasteiger partial charge in [0.1, 0.15) is 0 Å². The molecule has 23 heavy (non-hydrogen) atoms. The maximum absolute atomic E-state index is 11.4. The lowest BCUT2D eigenvalue weighted by Crippen LogP contribution is -2.20. The van der Waals surface area contributed by atoms with Gasteiger partial charge in [0.15, 0.2) is 11.0 Å². The van der Waals surface area contributed by atoms with Gasteiger partial charge in [0.05, 0.1) is 10.6 Å². The largest absolute Gasteiger partial charge is 0.358 e. The van der Waals surface area contributed by atoms with Gasteiger partial charge in [-0.15, -0.1) is 21.5 Å². The van der Waals surface area contributed by atoms with E-state index in [0.29, 0.717) is 5.75 Å². The summed E-state index contributed by atoms with van der Waals surface area (Å²) in [6.45, 7) is 2.28. The van der Waals surface area contributed by atoms with Gasteiger partial charge in [-0.3, -0.25) is 4.79 Å². The van der Waals surface area contributed by atoms with Crippen molar-refractivity contribution in [3.8, 4) is 10.7 Å². The standard InChI is InChI=1S/C16H22N4OS2/c1-4-10-5-6-12-11(7-10)8-13(23-12)15-18-19-16(20(15)3)22-9-14(21)17-2/h8,10H,4-7,9H2,1-3H3,(H,17,21)/t10-/m1/s1. The third-order valence-corrected chi connectivity index (χ3v) is 6.68. The van der Waals surface area contributed by atoms with Crippen molar-refractivity contribution in [1.82, 2.24) is 20.1 Å². The molecule has 0 saturated heterocycles. The van der Waals surface area contributed by atoms with Gasteiger partial charge in [0.2, 0.25) is 5.91 Å². The molecule has 1 amide bonds. The summed E-state index contributed by atoms with van der Waals surface area (Å²) in [4.78, 5) is 14.1. The van der Waals surface area contributed by atoms with Crippen LogP contribution >= 0.6 is 23.1 Å². The quantitative estimate of drug-likeness (QED) is 0.843. The Hall–Kier alpha value is -1.34. The summed E-state index contributed by atoms with van der Waals surface area (Å²) in [5.74, 6) is 2.08. The highest BCUT2D eigenvalue weighted by atomic mass is 32.2. The first-order chi connectivity index (χ1) is 11.1. The molecule has 0 aromatic carbocycles. The monoisotopic (exact) mass is 350 g/mol. The SMILES string of the molecule is CC[C@@H]1CCc2sc(-c3nnc(SCC(=O)NC)n3C)cc2C1. The lowest BCUT2D eigenvalue weighted by Gasteiger charge is -2.19. The Morgan fingerprint density at radius 3 is 3.09 bits per heavy atom. The molecule has 124 valence electrons. The van der Waals surface area contributed by atoms with Crippen LogP contribution in [0.5, 0.6) is 0 Å². The van der Waals surface area contributed by atoms with Gasteiger partial charge in [-0.25, -0.2) is 0 Å². The number of carbonyl (C=O) groups excluding carboxylic acids is 1. The Kier molecular flexibility index (Phi) is 5.06. The van der Waals surface area contributed by atoms with Crippen LogP contribution in [0.1, 0.15) is 30.2 Å². The number of nitrogens with one attached hydrogen (secondary N) is 1. The summed E-state index contributed by atoms with van der Waals surface area (Å²) < 4.78 is 1.99. The molecule has 0 bridgehead atoms. The number of aromatic nitrogens is 3. The first kappa shape index (κ1) is 16.5. The van der Waals surface area contributed by atoms with E-state index >= 15 is 0 Å². The Morgan fingerprint density at radius 2 is 2.35 bits per heavy atom. The van der Waals surface area contributed by atoms with Crippen molar-refractivity contribution in [2.24, 2.45) is 13.0 Å². The molecule has 0 aliphatic heterocycles. The van der Waals surface area contributed by atoms with E-state index in [4.69, 9.17) is 0 Å². The molecule has 7 heteroatoms. The summed E-state index contributed by atoms with van der Waals surface area (Å²) in [5, 5.41) is 12.0. The number of hydrogen-bond acceptors (Lipinski definition) is 5. The van der Waals surface area contributed by atoms with E-state index in [2.05, 4.69) is 28.5 Å². The van der Waals surface area contributed by atoms with Crippen LogP contribution in [0.25, 0.3) is 10.7 Å². The smallest absolute Gasteiger partial charge is 0.230 e. The molecular weight excluding hydrogens is 328 g/mol. The van der Waals surface area contributed by atoms with Crippen molar-refractivity contribution >= 4 is 29.0 Å². The molecule has 0 unspecified atom stereocenters. The predicted octanol–water partition coefficient (Wildman–Crippen LogP) is 2.90. The van der Waals surface area contributed by atoms with Crippen LogP contribution < -0.4 is 5.32 Å². The second-order valence-electron chi connectivity index (χ2n) is 5.90. The van der Waals surface area contributed by atoms with E-state index in [-0.39, 0.29) is 5.91 Å². The predicted molar refractivity (Wildman–Crippen MR) is 94.9 cm³/mol. The molecular formula is C16H22N4OS2. The number of thiophene rings is 1. The number of hydrogen-bond donors (Lipinski definition) is 1. The van der Waals surface area contributed by atoms with E-state index in [9.17, 15) is 4.79 Å². The molecule has 0 saturated carbocycles. The van der Waals surface area contributed by atoms with Crippen LogP contribution in [-0.2, 0) is 24.7 Å². The third kappa shape index (κ3) is 3.45. The highest BCUT2D eigenvalue weighted by molar-refractivity contribution is 7.99. The van der Waals surface area contributed by atoms with E-state index in [0.717, 1.165) is 16.9 Å². The van der Waals surface area contributed by atoms with Crippen molar-refractivity contribution in [2.75, 3.05) is 12.8 Å². The fourth-order valence-corrected chi connectivity index (χ4v) is 4.93. The van der Waals surface area contributed by atoms with Gasteiger partial charge >= 0.3 is 0 Å². The molecule has 1 aliphatic carbocycles. The van der Waals surface area contributed by atoms with E-state index in [1.54, 1.807) is 7.05 Å². The Labute approximate surface area is 144 Å². The minimum atomic E-state index is -0.00301. The molecule has 3 rings (SSSR count). The zero-order chi connectivity index (χ0) is 16.4. The van der Waals surface area contributed by atoms with Gasteiger partial charge in [-0.2, -0.15) is 0 Å². The molecule has 2 heterocycles. The Bertz CT molecular complexity index is 707. The van der Waals surface area contributed by atoms with Crippen molar-refractivity contribution in [3.63, 3.8) is 0 Å². The summed E-state index contributed by atoms with van der Waals surface area (Å²) in [7, 11) is 3.61. The molecule has 5 nitrogen and oxygen atoms in total. The topological polar surface area (TPSA) is 59.8 Å². The van der Waals surface area contributed by atoms with Crippen molar-refractivity contribution < 1.29 is 4.79 Å². The molecule has 2 aromatic rings. The molecule has 0 radical (unpaired) electrons. The first-order valence-corrected chi connectivity index (χ1v) is 9.77. The molecule has 1 N–H and O–H groups in total. The third-order valence-electron chi connectivity index (χ3n) is 4.43. The number of amides is 1. The van der Waals surface area contributed by atoms with E-state index in [1.807, 2.05) is 23.0 Å². The molecule has 1 aliphatic rings. The number of nitrogens with zero attached hydrogens (tertiary/aromatic N) is 3. The van der Waals surface area contributed by atoms with Crippen molar-refractivity contribution in [1.29, 1.82) is 0 Å². The van der Waals surface area contributed by atoms with Gasteiger partial charge in [0, 0.05) is 19.0 Å². The first-order valence-electron chi connectivity index (χ1n) is 7.97. The zero-order valence-corrected chi connectivity index (χ0v) is 15.4. The number of rotatable bonds is 5. The summed E-state index contributed by atoms with van der Waals surface area (Å²) in [6, 6.07) is 2.29. The minimum absolute atomic E-state index is 0.00301. The minimum Gasteiger partial charge on any atom is -0.358 e. The summed E-state index contributed by atoms with van der Waals surface area (Å²) in [5.41, 5.74) is 1.49. The average molecular weight is 351 g/mol. The highest BCUT2D eigenvalue weighted by Gasteiger charge is 2.22. The summed E-state index contributed by atoms with van der Waals surface area (Å²) in [6.07, 6.45) is 4.94. The average Bonchev–Trinajstić information content (AvgIpc) is 3.14. The Balaban J connectivity index is 1.79. The fraction of sp³-hybridized carbons (Fsp3) is 0.562. The number of thioether (sulfide) groups is 1. The molecule has 0 fully saturated rings. The zero-order valence-electron chi connectivity index (χ0n) is 13.8. The number of carbonyl (C=O) groups is 1. The van der Waals surface area contributed by atoms with Crippen LogP contribution in [0.15, 0.2) is 11.2 Å². The van der Waals surface area contributed by atoms with Gasteiger partial charge < -0.3 is 9.88 Å². The summed E-state index contributed by atoms with van der Waals surface area (Å²) >= 11 is 3.26. The molecule has 0 spiro atoms. The molecule has 2 aromatic heterocycles. The maximum atomic E-state index is 11.4. The van der Waals surface area contributed by atoms with Crippen LogP contribution in [-0.4, -0.2) is 33.5 Å². The Morgan fingerprint density at radius 1 is 1.52 bits per heavy atom. The maximum Gasteiger partial charge on any atom is 0.230 e. The van der Waals surface area contributed by atoms with Crippen LogP contribution in [0.4, 0.5) is 0 Å². The van der Waals surface area contributed by atoms with Gasteiger partial charge in [-0.1, -0.05) is 25.1 Å².